The summed E-state index contributed by atoms with van der Waals surface area (Å²) in [5.41, 5.74) is 0.146. The van der Waals surface area contributed by atoms with E-state index in [0.29, 0.717) is 24.0 Å². The first-order valence-electron chi connectivity index (χ1n) is 10.3. The number of rotatable bonds is 7. The third kappa shape index (κ3) is 5.14. The fraction of sp³-hybridized carbons (Fsp3) is 0.696. The standard InChI is InChI=1S/C23H38O5S/c1-10-12-23(9,20(25)28-13-11-2)29(26,27)16-14-17(21(3,4)5)19(24)18(15-16)22(6,7)8/h14-15,24H,10-13H2,1-9H3. The van der Waals surface area contributed by atoms with Gasteiger partial charge in [-0.2, -0.15) is 0 Å². The van der Waals surface area contributed by atoms with Crippen molar-refractivity contribution < 1.29 is 23.1 Å². The van der Waals surface area contributed by atoms with Crippen LogP contribution in [0.4, 0.5) is 0 Å². The monoisotopic (exact) mass is 426 g/mol. The molecule has 5 nitrogen and oxygen atoms in total. The van der Waals surface area contributed by atoms with Crippen molar-refractivity contribution in [1.82, 2.24) is 0 Å². The Balaban J connectivity index is 3.82. The van der Waals surface area contributed by atoms with Crippen LogP contribution >= 0.6 is 0 Å². The van der Waals surface area contributed by atoms with Crippen molar-refractivity contribution >= 4 is 15.8 Å². The van der Waals surface area contributed by atoms with Gasteiger partial charge in [0.2, 0.25) is 0 Å². The van der Waals surface area contributed by atoms with Crippen LogP contribution in [0, 0.1) is 0 Å². The quantitative estimate of drug-likeness (QED) is 0.601. The summed E-state index contributed by atoms with van der Waals surface area (Å²) in [5.74, 6) is -0.612. The molecule has 1 N–H and O–H groups in total. The zero-order valence-corrected chi connectivity index (χ0v) is 20.3. The molecule has 0 saturated heterocycles. The average Bonchev–Trinajstić information content (AvgIpc) is 2.57. The first-order valence-corrected chi connectivity index (χ1v) is 11.8. The number of phenols is 1. The van der Waals surface area contributed by atoms with Gasteiger partial charge in [0.25, 0.3) is 0 Å². The zero-order valence-electron chi connectivity index (χ0n) is 19.5. The van der Waals surface area contributed by atoms with Crippen molar-refractivity contribution in [3.63, 3.8) is 0 Å². The third-order valence-electron chi connectivity index (χ3n) is 5.20. The van der Waals surface area contributed by atoms with Gasteiger partial charge in [0.15, 0.2) is 14.6 Å². The number of carbonyl (C=O) groups is 1. The molecule has 0 bridgehead atoms. The highest BCUT2D eigenvalue weighted by Crippen LogP contribution is 2.43. The Kier molecular flexibility index (Phi) is 7.61. The van der Waals surface area contributed by atoms with Crippen molar-refractivity contribution in [3.05, 3.63) is 23.3 Å². The molecule has 0 aromatic heterocycles. The van der Waals surface area contributed by atoms with E-state index in [4.69, 9.17) is 4.74 Å². The summed E-state index contributed by atoms with van der Waals surface area (Å²) in [7, 11) is -4.06. The van der Waals surface area contributed by atoms with Crippen molar-refractivity contribution in [2.24, 2.45) is 0 Å². The first kappa shape index (κ1) is 25.5. The molecule has 0 amide bonds. The summed E-state index contributed by atoms with van der Waals surface area (Å²) >= 11 is 0. The lowest BCUT2D eigenvalue weighted by Crippen LogP contribution is -2.45. The number of aromatic hydroxyl groups is 1. The molecule has 1 unspecified atom stereocenters. The van der Waals surface area contributed by atoms with E-state index in [0.717, 1.165) is 0 Å². The molecule has 0 radical (unpaired) electrons. The van der Waals surface area contributed by atoms with Crippen molar-refractivity contribution in [3.8, 4) is 5.75 Å². The van der Waals surface area contributed by atoms with Crippen LogP contribution in [0.3, 0.4) is 0 Å². The Morgan fingerprint density at radius 1 is 0.931 bits per heavy atom. The minimum absolute atomic E-state index is 0.0505. The second-order valence-corrected chi connectivity index (χ2v) is 12.4. The fourth-order valence-electron chi connectivity index (χ4n) is 3.34. The molecule has 1 aromatic carbocycles. The molecule has 6 heteroatoms. The number of esters is 1. The number of benzene rings is 1. The molecule has 0 fully saturated rings. The maximum Gasteiger partial charge on any atom is 0.327 e. The van der Waals surface area contributed by atoms with E-state index in [9.17, 15) is 18.3 Å². The molecule has 1 aromatic rings. The summed E-state index contributed by atoms with van der Waals surface area (Å²) in [6.07, 6.45) is 1.30. The second-order valence-electron chi connectivity index (χ2n) is 9.99. The van der Waals surface area contributed by atoms with E-state index in [2.05, 4.69) is 0 Å². The van der Waals surface area contributed by atoms with E-state index >= 15 is 0 Å². The fourth-order valence-corrected chi connectivity index (χ4v) is 5.15. The van der Waals surface area contributed by atoms with Crippen LogP contribution in [0.5, 0.6) is 5.75 Å². The summed E-state index contributed by atoms with van der Waals surface area (Å²) in [6.45, 7) is 16.9. The van der Waals surface area contributed by atoms with Gasteiger partial charge in [-0.15, -0.1) is 0 Å². The minimum Gasteiger partial charge on any atom is -0.507 e. The molecule has 0 aliphatic rings. The summed E-state index contributed by atoms with van der Waals surface area (Å²) < 4.78 is 31.1. The van der Waals surface area contributed by atoms with Gasteiger partial charge in [0.05, 0.1) is 11.5 Å². The molecule has 1 atom stereocenters. The lowest BCUT2D eigenvalue weighted by molar-refractivity contribution is -0.146. The molecule has 0 aliphatic heterocycles. The van der Waals surface area contributed by atoms with Gasteiger partial charge in [0, 0.05) is 11.1 Å². The number of phenolic OH excluding ortho intramolecular Hbond substituents is 1. The van der Waals surface area contributed by atoms with Gasteiger partial charge in [-0.1, -0.05) is 61.8 Å². The van der Waals surface area contributed by atoms with E-state index in [1.165, 1.54) is 19.1 Å². The van der Waals surface area contributed by atoms with Gasteiger partial charge in [-0.3, -0.25) is 4.79 Å². The normalized spacial score (nSPS) is 15.1. The summed E-state index contributed by atoms with van der Waals surface area (Å²) in [6, 6.07) is 3.03. The largest absolute Gasteiger partial charge is 0.507 e. The molecule has 0 heterocycles. The lowest BCUT2D eigenvalue weighted by Gasteiger charge is -2.31. The van der Waals surface area contributed by atoms with E-state index in [-0.39, 0.29) is 23.7 Å². The molecule has 29 heavy (non-hydrogen) atoms. The van der Waals surface area contributed by atoms with Gasteiger partial charge >= 0.3 is 5.97 Å². The average molecular weight is 427 g/mol. The number of ether oxygens (including phenoxy) is 1. The molecule has 1 rings (SSSR count). The number of hydrogen-bond donors (Lipinski definition) is 1. The Labute approximate surface area is 176 Å². The maximum absolute atomic E-state index is 13.7. The molecule has 166 valence electrons. The van der Waals surface area contributed by atoms with Gasteiger partial charge < -0.3 is 9.84 Å². The third-order valence-corrected chi connectivity index (χ3v) is 7.61. The predicted octanol–water partition coefficient (Wildman–Crippen LogP) is 5.27. The van der Waals surface area contributed by atoms with Crippen molar-refractivity contribution in [2.75, 3.05) is 6.61 Å². The Hall–Kier alpha value is -1.56. The van der Waals surface area contributed by atoms with Gasteiger partial charge in [-0.05, 0) is 42.7 Å². The second kappa shape index (κ2) is 8.66. The van der Waals surface area contributed by atoms with Crippen LogP contribution in [-0.2, 0) is 30.2 Å². The molecular formula is C23H38O5S. The lowest BCUT2D eigenvalue weighted by atomic mass is 9.79. The number of carbonyl (C=O) groups excluding carboxylic acids is 1. The number of sulfone groups is 1. The number of hydrogen-bond acceptors (Lipinski definition) is 5. The smallest absolute Gasteiger partial charge is 0.327 e. The minimum atomic E-state index is -4.06. The van der Waals surface area contributed by atoms with Crippen molar-refractivity contribution in [2.45, 2.75) is 102 Å². The van der Waals surface area contributed by atoms with Gasteiger partial charge in [-0.25, -0.2) is 8.42 Å². The SMILES string of the molecule is CCCOC(=O)C(C)(CCC)S(=O)(=O)c1cc(C(C)(C)C)c(O)c(C(C)(C)C)c1. The van der Waals surface area contributed by atoms with Crippen LogP contribution in [0.2, 0.25) is 0 Å². The van der Waals surface area contributed by atoms with Crippen LogP contribution in [0.25, 0.3) is 0 Å². The molecule has 0 aliphatic carbocycles. The highest BCUT2D eigenvalue weighted by atomic mass is 32.2. The predicted molar refractivity (Wildman–Crippen MR) is 117 cm³/mol. The highest BCUT2D eigenvalue weighted by Gasteiger charge is 2.48. The Bertz CT molecular complexity index is 806. The molecular weight excluding hydrogens is 388 g/mol. The first-order chi connectivity index (χ1) is 13.0. The van der Waals surface area contributed by atoms with Crippen molar-refractivity contribution in [1.29, 1.82) is 0 Å². The van der Waals surface area contributed by atoms with Crippen LogP contribution in [-0.4, -0.2) is 30.8 Å². The zero-order chi connectivity index (χ0) is 22.8. The Morgan fingerprint density at radius 3 is 1.72 bits per heavy atom. The molecule has 0 saturated carbocycles. The molecule has 0 spiro atoms. The van der Waals surface area contributed by atoms with E-state index < -0.39 is 31.4 Å². The topological polar surface area (TPSA) is 80.7 Å². The van der Waals surface area contributed by atoms with Crippen LogP contribution < -0.4 is 0 Å². The van der Waals surface area contributed by atoms with Crippen LogP contribution in [0.15, 0.2) is 17.0 Å². The van der Waals surface area contributed by atoms with Crippen LogP contribution in [0.1, 0.15) is 92.7 Å². The Morgan fingerprint density at radius 2 is 1.38 bits per heavy atom. The van der Waals surface area contributed by atoms with Gasteiger partial charge in [0.1, 0.15) is 5.75 Å². The maximum atomic E-state index is 13.7. The highest BCUT2D eigenvalue weighted by molar-refractivity contribution is 7.93. The summed E-state index contributed by atoms with van der Waals surface area (Å²) in [5, 5.41) is 10.9. The summed E-state index contributed by atoms with van der Waals surface area (Å²) in [4.78, 5) is 12.9. The van der Waals surface area contributed by atoms with E-state index in [1.807, 2.05) is 55.4 Å². The van der Waals surface area contributed by atoms with E-state index in [1.54, 1.807) is 0 Å².